The van der Waals surface area contributed by atoms with Gasteiger partial charge in [-0.1, -0.05) is 24.5 Å². The van der Waals surface area contributed by atoms with E-state index in [4.69, 9.17) is 14.2 Å². The summed E-state index contributed by atoms with van der Waals surface area (Å²) in [7, 11) is -4.27. The number of aliphatic hydroxyl groups is 1. The summed E-state index contributed by atoms with van der Waals surface area (Å²) >= 11 is 0. The van der Waals surface area contributed by atoms with Gasteiger partial charge in [-0.15, -0.1) is 0 Å². The summed E-state index contributed by atoms with van der Waals surface area (Å²) < 4.78 is 36.0. The molecular formula is C19H27BO6S. The average molecular weight is 394 g/mol. The van der Waals surface area contributed by atoms with E-state index in [1.54, 1.807) is 6.07 Å². The lowest BCUT2D eigenvalue weighted by atomic mass is 9.74. The van der Waals surface area contributed by atoms with Crippen molar-refractivity contribution < 1.29 is 27.6 Å². The van der Waals surface area contributed by atoms with E-state index in [1.807, 2.05) is 19.1 Å². The van der Waals surface area contributed by atoms with Gasteiger partial charge in [0.2, 0.25) is 0 Å². The maximum absolute atomic E-state index is 12.4. The third kappa shape index (κ3) is 4.56. The first-order chi connectivity index (χ1) is 12.8. The predicted octanol–water partition coefficient (Wildman–Crippen LogP) is 2.73. The van der Waals surface area contributed by atoms with Gasteiger partial charge in [0.05, 0.1) is 17.1 Å². The van der Waals surface area contributed by atoms with Crippen molar-refractivity contribution in [2.75, 3.05) is 5.75 Å². The Balaban J connectivity index is 1.75. The number of aliphatic hydroxyl groups excluding tert-OH is 1. The molecule has 2 atom stereocenters. The summed E-state index contributed by atoms with van der Waals surface area (Å²) in [6.45, 7) is 3.82. The minimum absolute atomic E-state index is 0.0631. The zero-order valence-electron chi connectivity index (χ0n) is 15.8. The van der Waals surface area contributed by atoms with Crippen molar-refractivity contribution in [2.24, 2.45) is 0 Å². The van der Waals surface area contributed by atoms with E-state index in [0.717, 1.165) is 30.4 Å². The van der Waals surface area contributed by atoms with Gasteiger partial charge in [0, 0.05) is 6.32 Å². The molecule has 0 unspecified atom stereocenters. The normalized spacial score (nSPS) is 25.2. The third-order valence-corrected chi connectivity index (χ3v) is 7.41. The predicted molar refractivity (Wildman–Crippen MR) is 105 cm³/mol. The standard InChI is InChI=1S/C19H27BO6S/c1-3-4-14(9-15-6-7-16(11-21)25-15)5-8-17-19-13(2)12-27(23,24)18(19)10-20(22)26-17/h6-7,9,17-18,21-22H,3-5,8,10-12H2,1-2H3/b14-9+/t17-,18+/m1/s1. The largest absolute Gasteiger partial charge is 0.459 e. The van der Waals surface area contributed by atoms with Crippen molar-refractivity contribution in [3.8, 4) is 0 Å². The van der Waals surface area contributed by atoms with Crippen LogP contribution in [0.2, 0.25) is 6.32 Å². The van der Waals surface area contributed by atoms with E-state index >= 15 is 0 Å². The molecule has 3 heterocycles. The van der Waals surface area contributed by atoms with E-state index in [9.17, 15) is 13.4 Å². The number of allylic oxidation sites excluding steroid dienone is 1. The van der Waals surface area contributed by atoms with Crippen molar-refractivity contribution in [3.05, 3.63) is 40.4 Å². The van der Waals surface area contributed by atoms with Crippen LogP contribution in [0, 0.1) is 0 Å². The molecule has 0 amide bonds. The zero-order chi connectivity index (χ0) is 19.6. The quantitative estimate of drug-likeness (QED) is 0.545. The summed E-state index contributed by atoms with van der Waals surface area (Å²) in [5, 5.41) is 18.5. The molecule has 0 spiro atoms. The molecule has 1 aromatic rings. The van der Waals surface area contributed by atoms with Crippen LogP contribution in [-0.4, -0.2) is 42.8 Å². The van der Waals surface area contributed by atoms with Crippen LogP contribution in [0.25, 0.3) is 6.08 Å². The molecule has 0 aromatic carbocycles. The van der Waals surface area contributed by atoms with E-state index in [2.05, 4.69) is 6.92 Å². The van der Waals surface area contributed by atoms with Crippen molar-refractivity contribution in [1.82, 2.24) is 0 Å². The van der Waals surface area contributed by atoms with E-state index in [1.165, 1.54) is 5.57 Å². The van der Waals surface area contributed by atoms with Crippen LogP contribution in [0.15, 0.2) is 33.3 Å². The van der Waals surface area contributed by atoms with Crippen LogP contribution in [0.4, 0.5) is 0 Å². The summed E-state index contributed by atoms with van der Waals surface area (Å²) in [4.78, 5) is 0. The second kappa shape index (κ2) is 8.35. The second-order valence-electron chi connectivity index (χ2n) is 7.40. The average Bonchev–Trinajstić information content (AvgIpc) is 3.14. The Labute approximate surface area is 161 Å². The van der Waals surface area contributed by atoms with Gasteiger partial charge in [-0.25, -0.2) is 8.42 Å². The molecule has 8 heteroatoms. The second-order valence-corrected chi connectivity index (χ2v) is 9.58. The summed E-state index contributed by atoms with van der Waals surface area (Å²) in [5.41, 5.74) is 2.88. The highest BCUT2D eigenvalue weighted by atomic mass is 32.2. The van der Waals surface area contributed by atoms with E-state index in [-0.39, 0.29) is 24.8 Å². The van der Waals surface area contributed by atoms with Gasteiger partial charge in [0.15, 0.2) is 9.84 Å². The smallest absolute Gasteiger partial charge is 0.456 e. The Morgan fingerprint density at radius 1 is 1.37 bits per heavy atom. The van der Waals surface area contributed by atoms with Crippen molar-refractivity contribution in [1.29, 1.82) is 0 Å². The monoisotopic (exact) mass is 394 g/mol. The Bertz CT molecular complexity index is 838. The number of fused-ring (bicyclic) bond motifs is 1. The van der Waals surface area contributed by atoms with Crippen LogP contribution < -0.4 is 0 Å². The molecule has 0 radical (unpaired) electrons. The molecule has 0 aliphatic carbocycles. The first-order valence-electron chi connectivity index (χ1n) is 9.47. The maximum atomic E-state index is 12.4. The van der Waals surface area contributed by atoms with Gasteiger partial charge < -0.3 is 19.2 Å². The Morgan fingerprint density at radius 3 is 2.81 bits per heavy atom. The van der Waals surface area contributed by atoms with Gasteiger partial charge in [0.25, 0.3) is 0 Å². The highest BCUT2D eigenvalue weighted by molar-refractivity contribution is 7.92. The molecular weight excluding hydrogens is 367 g/mol. The summed E-state index contributed by atoms with van der Waals surface area (Å²) in [5.74, 6) is 1.28. The maximum Gasteiger partial charge on any atom is 0.456 e. The molecule has 2 aliphatic rings. The van der Waals surface area contributed by atoms with Gasteiger partial charge in [0.1, 0.15) is 18.1 Å². The molecule has 2 N–H and O–H groups in total. The van der Waals surface area contributed by atoms with Gasteiger partial charge in [-0.2, -0.15) is 0 Å². The van der Waals surface area contributed by atoms with Crippen molar-refractivity contribution >= 4 is 23.0 Å². The fourth-order valence-corrected chi connectivity index (χ4v) is 6.27. The van der Waals surface area contributed by atoms with Gasteiger partial charge >= 0.3 is 7.12 Å². The number of sulfone groups is 1. The summed E-state index contributed by atoms with van der Waals surface area (Å²) in [6, 6.07) is 3.58. The van der Waals surface area contributed by atoms with Crippen LogP contribution in [0.5, 0.6) is 0 Å². The Kier molecular flexibility index (Phi) is 6.30. The third-order valence-electron chi connectivity index (χ3n) is 5.26. The minimum Gasteiger partial charge on any atom is -0.459 e. The Hall–Kier alpha value is -1.35. The molecule has 1 saturated heterocycles. The number of hydrogen-bond donors (Lipinski definition) is 2. The highest BCUT2D eigenvalue weighted by Crippen LogP contribution is 2.39. The number of furan rings is 1. The number of rotatable bonds is 7. The topological polar surface area (TPSA) is 97.0 Å². The van der Waals surface area contributed by atoms with Crippen LogP contribution in [0.1, 0.15) is 51.1 Å². The van der Waals surface area contributed by atoms with Gasteiger partial charge in [-0.3, -0.25) is 0 Å². The van der Waals surface area contributed by atoms with Crippen molar-refractivity contribution in [3.63, 3.8) is 0 Å². The molecule has 3 rings (SSSR count). The molecule has 1 aromatic heterocycles. The lowest BCUT2D eigenvalue weighted by Crippen LogP contribution is -2.41. The number of hydrogen-bond acceptors (Lipinski definition) is 6. The highest BCUT2D eigenvalue weighted by Gasteiger charge is 2.47. The Morgan fingerprint density at radius 2 is 2.15 bits per heavy atom. The molecule has 0 saturated carbocycles. The zero-order valence-corrected chi connectivity index (χ0v) is 16.7. The van der Waals surface area contributed by atoms with E-state index < -0.39 is 22.2 Å². The molecule has 2 aliphatic heterocycles. The fraction of sp³-hybridized carbons (Fsp3) is 0.579. The molecule has 6 nitrogen and oxygen atoms in total. The van der Waals surface area contributed by atoms with Crippen LogP contribution in [0.3, 0.4) is 0 Å². The first kappa shape index (κ1) is 20.4. The first-order valence-corrected chi connectivity index (χ1v) is 11.2. The lowest BCUT2D eigenvalue weighted by molar-refractivity contribution is 0.169. The summed E-state index contributed by atoms with van der Waals surface area (Å²) in [6.07, 6.45) is 4.95. The van der Waals surface area contributed by atoms with Crippen LogP contribution >= 0.6 is 0 Å². The van der Waals surface area contributed by atoms with Gasteiger partial charge in [-0.05, 0) is 50.0 Å². The minimum atomic E-state index is -3.23. The molecule has 0 bridgehead atoms. The van der Waals surface area contributed by atoms with Crippen LogP contribution in [-0.2, 0) is 21.1 Å². The lowest BCUT2D eigenvalue weighted by Gasteiger charge is -2.31. The molecule has 148 valence electrons. The fourth-order valence-electron chi connectivity index (χ4n) is 4.10. The van der Waals surface area contributed by atoms with Crippen molar-refractivity contribution in [2.45, 2.75) is 63.8 Å². The van der Waals surface area contributed by atoms with E-state index in [0.29, 0.717) is 17.9 Å². The molecule has 27 heavy (non-hydrogen) atoms. The SMILES string of the molecule is CCC/C(=C\c1ccc(CO)o1)CC[C@H]1OB(O)C[C@H]2C1=C(C)CS2(=O)=O. The molecule has 1 fully saturated rings.